The zero-order valence-electron chi connectivity index (χ0n) is 18.6. The van der Waals surface area contributed by atoms with Crippen molar-refractivity contribution in [3.05, 3.63) is 70.4 Å². The van der Waals surface area contributed by atoms with Crippen LogP contribution in [0.25, 0.3) is 11.3 Å². The van der Waals surface area contributed by atoms with Gasteiger partial charge in [-0.2, -0.15) is 5.10 Å². The lowest BCUT2D eigenvalue weighted by atomic mass is 9.96. The summed E-state index contributed by atoms with van der Waals surface area (Å²) >= 11 is 6.10. The number of benzene rings is 2. The van der Waals surface area contributed by atoms with E-state index in [1.165, 1.54) is 0 Å². The predicted octanol–water partition coefficient (Wildman–Crippen LogP) is 4.01. The summed E-state index contributed by atoms with van der Waals surface area (Å²) < 4.78 is 11.1. The number of halogens is 1. The maximum atomic E-state index is 13.5. The molecule has 1 N–H and O–H groups in total. The fourth-order valence-corrected chi connectivity index (χ4v) is 4.71. The molecule has 1 unspecified atom stereocenters. The van der Waals surface area contributed by atoms with Gasteiger partial charge in [-0.25, -0.2) is 0 Å². The largest absolute Gasteiger partial charge is 0.494 e. The Morgan fingerprint density at radius 2 is 1.82 bits per heavy atom. The highest BCUT2D eigenvalue weighted by Crippen LogP contribution is 2.43. The highest BCUT2D eigenvalue weighted by Gasteiger charge is 2.42. The van der Waals surface area contributed by atoms with Crippen LogP contribution in [0, 0.1) is 0 Å². The number of aromatic nitrogens is 2. The Balaban J connectivity index is 1.51. The standard InChI is InChI=1S/C25H27ClN4O3/c1-2-33-20-9-5-18(6-10-20)24-21-22(17-3-7-19(26)8-4-17)27-28-23(21)25(31)30(24)12-11-29-13-15-32-16-14-29/h3-10,24H,2,11-16H2,1H3,(H,27,28). The van der Waals surface area contributed by atoms with Crippen molar-refractivity contribution in [1.82, 2.24) is 20.0 Å². The van der Waals surface area contributed by atoms with Crippen LogP contribution in [0.15, 0.2) is 48.5 Å². The third-order valence-corrected chi connectivity index (χ3v) is 6.50. The Labute approximate surface area is 198 Å². The molecule has 1 amide bonds. The van der Waals surface area contributed by atoms with E-state index in [4.69, 9.17) is 21.1 Å². The minimum atomic E-state index is -0.228. The number of aromatic amines is 1. The Morgan fingerprint density at radius 3 is 2.52 bits per heavy atom. The second-order valence-electron chi connectivity index (χ2n) is 8.22. The van der Waals surface area contributed by atoms with Gasteiger partial charge in [0.15, 0.2) is 0 Å². The van der Waals surface area contributed by atoms with Crippen molar-refractivity contribution < 1.29 is 14.3 Å². The van der Waals surface area contributed by atoms with Crippen molar-refractivity contribution in [2.24, 2.45) is 0 Å². The molecule has 0 spiro atoms. The number of amides is 1. The predicted molar refractivity (Wildman–Crippen MR) is 127 cm³/mol. The molecule has 1 atom stereocenters. The Kier molecular flexibility index (Phi) is 6.35. The number of ether oxygens (including phenoxy) is 2. The van der Waals surface area contributed by atoms with E-state index in [9.17, 15) is 4.79 Å². The number of carbonyl (C=O) groups excluding carboxylic acids is 1. The zero-order valence-corrected chi connectivity index (χ0v) is 19.3. The number of nitrogens with zero attached hydrogens (tertiary/aromatic N) is 3. The van der Waals surface area contributed by atoms with Crippen LogP contribution in [0.4, 0.5) is 0 Å². The van der Waals surface area contributed by atoms with Gasteiger partial charge in [0, 0.05) is 42.3 Å². The number of rotatable bonds is 7. The molecule has 172 valence electrons. The van der Waals surface area contributed by atoms with Gasteiger partial charge in [0.25, 0.3) is 5.91 Å². The van der Waals surface area contributed by atoms with Crippen molar-refractivity contribution >= 4 is 17.5 Å². The number of fused-ring (bicyclic) bond motifs is 1. The minimum absolute atomic E-state index is 0.0233. The highest BCUT2D eigenvalue weighted by molar-refractivity contribution is 6.30. The number of hydrogen-bond acceptors (Lipinski definition) is 5. The molecule has 2 aromatic carbocycles. The summed E-state index contributed by atoms with van der Waals surface area (Å²) in [5.74, 6) is 0.792. The zero-order chi connectivity index (χ0) is 22.8. The van der Waals surface area contributed by atoms with Crippen LogP contribution < -0.4 is 4.74 Å². The summed E-state index contributed by atoms with van der Waals surface area (Å²) in [6.45, 7) is 7.25. The lowest BCUT2D eigenvalue weighted by Crippen LogP contribution is -2.42. The fourth-order valence-electron chi connectivity index (χ4n) is 4.59. The molecule has 5 rings (SSSR count). The van der Waals surface area contributed by atoms with Gasteiger partial charge in [-0.1, -0.05) is 35.9 Å². The van der Waals surface area contributed by atoms with E-state index in [1.807, 2.05) is 60.4 Å². The second-order valence-corrected chi connectivity index (χ2v) is 8.66. The first-order valence-corrected chi connectivity index (χ1v) is 11.7. The molecular weight excluding hydrogens is 440 g/mol. The quantitative estimate of drug-likeness (QED) is 0.569. The van der Waals surface area contributed by atoms with Crippen molar-refractivity contribution in [3.63, 3.8) is 0 Å². The minimum Gasteiger partial charge on any atom is -0.494 e. The molecule has 0 radical (unpaired) electrons. The van der Waals surface area contributed by atoms with E-state index in [0.717, 1.165) is 61.0 Å². The van der Waals surface area contributed by atoms with Crippen LogP contribution in [0.1, 0.15) is 34.6 Å². The summed E-state index contributed by atoms with van der Waals surface area (Å²) in [7, 11) is 0. The number of carbonyl (C=O) groups is 1. The van der Waals surface area contributed by atoms with E-state index in [1.54, 1.807) is 0 Å². The van der Waals surface area contributed by atoms with Gasteiger partial charge in [-0.05, 0) is 36.8 Å². The molecule has 2 aliphatic rings. The highest BCUT2D eigenvalue weighted by atomic mass is 35.5. The summed E-state index contributed by atoms with van der Waals surface area (Å²) in [5, 5.41) is 8.21. The summed E-state index contributed by atoms with van der Waals surface area (Å²) in [6.07, 6.45) is 0. The average Bonchev–Trinajstić information content (AvgIpc) is 3.39. The van der Waals surface area contributed by atoms with Crippen LogP contribution in [0.5, 0.6) is 5.75 Å². The molecule has 1 fully saturated rings. The normalized spacial score (nSPS) is 18.5. The van der Waals surface area contributed by atoms with Crippen LogP contribution in [-0.4, -0.2) is 71.9 Å². The van der Waals surface area contributed by atoms with Crippen LogP contribution >= 0.6 is 11.6 Å². The van der Waals surface area contributed by atoms with Crippen LogP contribution in [-0.2, 0) is 4.74 Å². The second kappa shape index (κ2) is 9.55. The number of H-pyrrole nitrogens is 1. The first kappa shape index (κ1) is 21.9. The van der Waals surface area contributed by atoms with Crippen LogP contribution in [0.2, 0.25) is 5.02 Å². The summed E-state index contributed by atoms with van der Waals surface area (Å²) in [4.78, 5) is 17.8. The average molecular weight is 467 g/mol. The molecular formula is C25H27ClN4O3. The SMILES string of the molecule is CCOc1ccc(C2c3c(-c4ccc(Cl)cc4)n[nH]c3C(=O)N2CCN2CCOCC2)cc1. The molecule has 0 saturated carbocycles. The van der Waals surface area contributed by atoms with E-state index >= 15 is 0 Å². The molecule has 3 heterocycles. The van der Waals surface area contributed by atoms with E-state index < -0.39 is 0 Å². The maximum Gasteiger partial charge on any atom is 0.273 e. The van der Waals surface area contributed by atoms with Gasteiger partial charge in [0.1, 0.15) is 11.4 Å². The molecule has 33 heavy (non-hydrogen) atoms. The number of nitrogens with one attached hydrogen (secondary N) is 1. The lowest BCUT2D eigenvalue weighted by Gasteiger charge is -2.31. The number of hydrogen-bond donors (Lipinski definition) is 1. The molecule has 8 heteroatoms. The van der Waals surface area contributed by atoms with E-state index in [0.29, 0.717) is 23.9 Å². The molecule has 1 saturated heterocycles. The smallest absolute Gasteiger partial charge is 0.273 e. The van der Waals surface area contributed by atoms with Gasteiger partial charge in [0.05, 0.1) is 31.6 Å². The molecule has 1 aromatic heterocycles. The van der Waals surface area contributed by atoms with Crippen molar-refractivity contribution in [3.8, 4) is 17.0 Å². The third kappa shape index (κ3) is 4.36. The molecule has 3 aromatic rings. The van der Waals surface area contributed by atoms with Gasteiger partial charge >= 0.3 is 0 Å². The summed E-state index contributed by atoms with van der Waals surface area (Å²) in [5.41, 5.74) is 4.21. The molecule has 2 aliphatic heterocycles. The fraction of sp³-hybridized carbons (Fsp3) is 0.360. The van der Waals surface area contributed by atoms with Crippen molar-refractivity contribution in [2.75, 3.05) is 46.0 Å². The van der Waals surface area contributed by atoms with E-state index in [-0.39, 0.29) is 11.9 Å². The monoisotopic (exact) mass is 466 g/mol. The first-order valence-electron chi connectivity index (χ1n) is 11.3. The van der Waals surface area contributed by atoms with Gasteiger partial charge in [-0.3, -0.25) is 14.8 Å². The number of morpholine rings is 1. The van der Waals surface area contributed by atoms with Gasteiger partial charge in [-0.15, -0.1) is 0 Å². The van der Waals surface area contributed by atoms with Crippen molar-refractivity contribution in [2.45, 2.75) is 13.0 Å². The summed E-state index contributed by atoms with van der Waals surface area (Å²) in [6, 6.07) is 15.3. The molecule has 0 aliphatic carbocycles. The lowest BCUT2D eigenvalue weighted by molar-refractivity contribution is 0.0316. The maximum absolute atomic E-state index is 13.5. The molecule has 0 bridgehead atoms. The van der Waals surface area contributed by atoms with Crippen molar-refractivity contribution in [1.29, 1.82) is 0 Å². The van der Waals surface area contributed by atoms with Crippen LogP contribution in [0.3, 0.4) is 0 Å². The Bertz CT molecular complexity index is 1110. The third-order valence-electron chi connectivity index (χ3n) is 6.25. The topological polar surface area (TPSA) is 70.7 Å². The first-order chi connectivity index (χ1) is 16.2. The molecule has 7 nitrogen and oxygen atoms in total. The Morgan fingerprint density at radius 1 is 1.09 bits per heavy atom. The Hall–Kier alpha value is -2.87. The van der Waals surface area contributed by atoms with Gasteiger partial charge < -0.3 is 14.4 Å². The van der Waals surface area contributed by atoms with Gasteiger partial charge in [0.2, 0.25) is 0 Å². The van der Waals surface area contributed by atoms with E-state index in [2.05, 4.69) is 15.1 Å².